The third-order valence-corrected chi connectivity index (χ3v) is 12.0. The van der Waals surface area contributed by atoms with Gasteiger partial charge in [-0.2, -0.15) is 0 Å². The number of nitrogens with one attached hydrogen (secondary N) is 5. The number of halogens is 2. The number of piperidine rings is 1. The summed E-state index contributed by atoms with van der Waals surface area (Å²) in [6.45, 7) is 3.15. The van der Waals surface area contributed by atoms with Crippen LogP contribution in [0.3, 0.4) is 0 Å². The lowest BCUT2D eigenvalue weighted by Crippen LogP contribution is -2.54. The Labute approximate surface area is 390 Å². The maximum absolute atomic E-state index is 13.5. The number of benzene rings is 3. The molecule has 2 unspecified atom stereocenters. The molecule has 2 fully saturated rings. The lowest BCUT2D eigenvalue weighted by atomic mass is 10.0. The smallest absolute Gasteiger partial charge is 0.268 e. The van der Waals surface area contributed by atoms with E-state index in [1.807, 2.05) is 0 Å². The first kappa shape index (κ1) is 49.3. The Morgan fingerprint density at radius 1 is 0.779 bits per heavy atom. The van der Waals surface area contributed by atoms with Crippen LogP contribution in [0.25, 0.3) is 10.9 Å². The van der Waals surface area contributed by atoms with Gasteiger partial charge in [-0.15, -0.1) is 0 Å². The molecule has 0 radical (unpaired) electrons. The van der Waals surface area contributed by atoms with Crippen LogP contribution in [0.15, 0.2) is 60.7 Å². The molecule has 362 valence electrons. The number of carbonyl (C=O) groups is 7. The van der Waals surface area contributed by atoms with Crippen LogP contribution >= 0.6 is 0 Å². The number of hydrogen-bond donors (Lipinski definition) is 6. The molecule has 1 aromatic heterocycles. The molecular weight excluding hydrogens is 889 g/mol. The lowest BCUT2D eigenvalue weighted by Gasteiger charge is -2.27. The Morgan fingerprint density at radius 2 is 1.49 bits per heavy atom. The van der Waals surface area contributed by atoms with E-state index in [0.29, 0.717) is 73.6 Å². The molecule has 2 atom stereocenters. The SMILES string of the molecule is O=C1CCC(N2C(=O)c3cccc(NCCCCCCCCOCCOCCOCCNC(=O)c4cc5cc(N6CCC(O)(C(=O)NCc7cc(F)cc(F)c7)C6=O)ccc5[nH]4)c3C2=O)C(=O)N1. The number of fused-ring (bicyclic) bond motifs is 2. The maximum atomic E-state index is 13.5. The van der Waals surface area contributed by atoms with Gasteiger partial charge in [0.1, 0.15) is 23.4 Å². The molecule has 68 heavy (non-hydrogen) atoms. The summed E-state index contributed by atoms with van der Waals surface area (Å²) in [5.74, 6) is -5.91. The van der Waals surface area contributed by atoms with Crippen LogP contribution in [0.2, 0.25) is 0 Å². The summed E-state index contributed by atoms with van der Waals surface area (Å²) >= 11 is 0. The number of ether oxygens (including phenoxy) is 3. The molecule has 7 rings (SSSR count). The zero-order valence-electron chi connectivity index (χ0n) is 37.5. The van der Waals surface area contributed by atoms with Crippen LogP contribution in [-0.2, 0) is 39.9 Å². The fraction of sp³-hybridized carbons (Fsp3) is 0.438. The van der Waals surface area contributed by atoms with Gasteiger partial charge in [-0.25, -0.2) is 8.78 Å². The number of unbranched alkanes of at least 4 members (excludes halogenated alkanes) is 5. The first-order valence-corrected chi connectivity index (χ1v) is 22.8. The molecule has 3 aromatic carbocycles. The number of hydrogen-bond acceptors (Lipinski definition) is 12. The summed E-state index contributed by atoms with van der Waals surface area (Å²) in [5, 5.41) is 22.3. The minimum atomic E-state index is -2.36. The quantitative estimate of drug-likeness (QED) is 0.0316. The molecule has 3 aliphatic rings. The summed E-state index contributed by atoms with van der Waals surface area (Å²) in [7, 11) is 0. The van der Waals surface area contributed by atoms with Gasteiger partial charge in [-0.3, -0.25) is 43.8 Å². The summed E-state index contributed by atoms with van der Waals surface area (Å²) in [6.07, 6.45) is 5.93. The molecule has 3 aliphatic heterocycles. The van der Waals surface area contributed by atoms with E-state index in [4.69, 9.17) is 14.2 Å². The van der Waals surface area contributed by atoms with Crippen molar-refractivity contribution >= 4 is 63.6 Å². The highest BCUT2D eigenvalue weighted by atomic mass is 19.1. The largest absolute Gasteiger partial charge is 0.384 e. The van der Waals surface area contributed by atoms with Crippen LogP contribution in [0, 0.1) is 11.6 Å². The number of rotatable bonds is 25. The van der Waals surface area contributed by atoms with E-state index >= 15 is 0 Å². The van der Waals surface area contributed by atoms with Gasteiger partial charge >= 0.3 is 0 Å². The molecule has 0 aliphatic carbocycles. The van der Waals surface area contributed by atoms with E-state index in [1.54, 1.807) is 42.5 Å². The normalized spacial score (nSPS) is 18.1. The van der Waals surface area contributed by atoms with Crippen molar-refractivity contribution in [1.29, 1.82) is 0 Å². The predicted octanol–water partition coefficient (Wildman–Crippen LogP) is 3.86. The second-order valence-corrected chi connectivity index (χ2v) is 16.8. The van der Waals surface area contributed by atoms with Crippen LogP contribution in [0.1, 0.15) is 94.6 Å². The molecule has 0 bridgehead atoms. The molecule has 7 amide bonds. The van der Waals surface area contributed by atoms with Crippen molar-refractivity contribution in [2.24, 2.45) is 0 Å². The Hall–Kier alpha value is -6.61. The molecular formula is C48H55F2N7O11. The Balaban J connectivity index is 0.683. The van der Waals surface area contributed by atoms with Crippen LogP contribution < -0.4 is 26.2 Å². The highest BCUT2D eigenvalue weighted by molar-refractivity contribution is 6.25. The van der Waals surface area contributed by atoms with E-state index in [1.165, 1.54) is 4.90 Å². The second-order valence-electron chi connectivity index (χ2n) is 16.8. The van der Waals surface area contributed by atoms with Gasteiger partial charge in [-0.05, 0) is 73.4 Å². The van der Waals surface area contributed by atoms with Crippen molar-refractivity contribution in [3.63, 3.8) is 0 Å². The van der Waals surface area contributed by atoms with Crippen molar-refractivity contribution < 1.29 is 61.7 Å². The van der Waals surface area contributed by atoms with Crippen LogP contribution in [0.4, 0.5) is 20.2 Å². The summed E-state index contributed by atoms with van der Waals surface area (Å²) in [5.41, 5.74) is 0.187. The van der Waals surface area contributed by atoms with Crippen molar-refractivity contribution in [1.82, 2.24) is 25.8 Å². The van der Waals surface area contributed by atoms with Gasteiger partial charge in [0.2, 0.25) is 17.4 Å². The second kappa shape index (κ2) is 22.9. The number of carbonyl (C=O) groups excluding carboxylic acids is 7. The van der Waals surface area contributed by atoms with E-state index in [0.717, 1.165) is 55.6 Å². The van der Waals surface area contributed by atoms with Crippen LogP contribution in [0.5, 0.6) is 0 Å². The van der Waals surface area contributed by atoms with E-state index in [-0.39, 0.29) is 68.1 Å². The average molecular weight is 944 g/mol. The standard InChI is InChI=1S/C48H55F2N7O11/c49-32-24-30(25-33(50)28-32)29-53-46(63)48(65)14-17-56(47(48)64)34-10-11-36-31(26-34)27-38(54-36)42(59)52-16-19-67-21-23-68-22-20-66-18-6-4-2-1-3-5-15-51-37-9-7-8-35-41(37)45(62)57(44(35)61)39-12-13-40(58)55-43(39)60/h7-11,24-28,39,51,54,65H,1-6,12-23,29H2,(H,52,59)(H,53,63)(H,55,58,60). The van der Waals surface area contributed by atoms with E-state index in [9.17, 15) is 47.4 Å². The number of aromatic nitrogens is 1. The Kier molecular flexibility index (Phi) is 16.6. The fourth-order valence-electron chi connectivity index (χ4n) is 8.41. The first-order valence-electron chi connectivity index (χ1n) is 22.8. The van der Waals surface area contributed by atoms with Gasteiger partial charge in [0.15, 0.2) is 0 Å². The topological polar surface area (TPSA) is 238 Å². The van der Waals surface area contributed by atoms with Gasteiger partial charge in [-0.1, -0.05) is 31.7 Å². The number of imide groups is 2. The number of anilines is 2. The number of H-pyrrole nitrogens is 1. The van der Waals surface area contributed by atoms with Gasteiger partial charge in [0.05, 0.1) is 44.2 Å². The van der Waals surface area contributed by atoms with Gasteiger partial charge < -0.3 is 45.2 Å². The monoisotopic (exact) mass is 943 g/mol. The molecule has 20 heteroatoms. The average Bonchev–Trinajstić information content (AvgIpc) is 3.96. The molecule has 0 spiro atoms. The minimum absolute atomic E-state index is 0.0433. The zero-order chi connectivity index (χ0) is 48.2. The Morgan fingerprint density at radius 3 is 2.24 bits per heavy atom. The number of nitrogens with zero attached hydrogens (tertiary/aromatic N) is 2. The highest BCUT2D eigenvalue weighted by Crippen LogP contribution is 2.33. The van der Waals surface area contributed by atoms with Crippen LogP contribution in [-0.4, -0.2) is 127 Å². The Bertz CT molecular complexity index is 2520. The first-order chi connectivity index (χ1) is 32.8. The minimum Gasteiger partial charge on any atom is -0.384 e. The molecule has 18 nitrogen and oxygen atoms in total. The summed E-state index contributed by atoms with van der Waals surface area (Å²) in [6, 6.07) is 13.4. The van der Waals surface area contributed by atoms with Gasteiger partial charge in [0.25, 0.3) is 29.5 Å². The predicted molar refractivity (Wildman–Crippen MR) is 243 cm³/mol. The van der Waals surface area contributed by atoms with E-state index < -0.39 is 58.7 Å². The third-order valence-electron chi connectivity index (χ3n) is 12.0. The van der Waals surface area contributed by atoms with Crippen molar-refractivity contribution in [3.8, 4) is 0 Å². The maximum Gasteiger partial charge on any atom is 0.268 e. The lowest BCUT2D eigenvalue weighted by molar-refractivity contribution is -0.149. The van der Waals surface area contributed by atoms with Crippen molar-refractivity contribution in [3.05, 3.63) is 94.7 Å². The van der Waals surface area contributed by atoms with Crippen molar-refractivity contribution in [2.75, 3.05) is 69.5 Å². The summed E-state index contributed by atoms with van der Waals surface area (Å²) < 4.78 is 43.9. The molecule has 4 aromatic rings. The molecule has 4 heterocycles. The number of aliphatic hydroxyl groups is 1. The van der Waals surface area contributed by atoms with Crippen molar-refractivity contribution in [2.45, 2.75) is 76.0 Å². The van der Waals surface area contributed by atoms with E-state index in [2.05, 4.69) is 26.3 Å². The number of aromatic amines is 1. The molecule has 0 saturated carbocycles. The molecule has 2 saturated heterocycles. The highest BCUT2D eigenvalue weighted by Gasteiger charge is 2.52. The zero-order valence-corrected chi connectivity index (χ0v) is 37.5. The summed E-state index contributed by atoms with van der Waals surface area (Å²) in [4.78, 5) is 94.4. The van der Waals surface area contributed by atoms with Gasteiger partial charge in [0, 0.05) is 74.0 Å². The number of amides is 7. The third kappa shape index (κ3) is 11.9. The fourth-order valence-corrected chi connectivity index (χ4v) is 8.41. The molecule has 6 N–H and O–H groups in total.